The van der Waals surface area contributed by atoms with Crippen LogP contribution in [0.25, 0.3) is 0 Å². The van der Waals surface area contributed by atoms with Gasteiger partial charge >= 0.3 is 0 Å². The summed E-state index contributed by atoms with van der Waals surface area (Å²) in [6.07, 6.45) is 4.84. The van der Waals surface area contributed by atoms with E-state index in [1.54, 1.807) is 16.3 Å². The van der Waals surface area contributed by atoms with Crippen LogP contribution in [-0.2, 0) is 13.0 Å². The first-order valence-electron chi connectivity index (χ1n) is 9.63. The third-order valence-electron chi connectivity index (χ3n) is 4.91. The zero-order chi connectivity index (χ0) is 19.4. The van der Waals surface area contributed by atoms with Crippen molar-refractivity contribution in [3.05, 3.63) is 57.5 Å². The molecule has 0 radical (unpaired) electrons. The summed E-state index contributed by atoms with van der Waals surface area (Å²) >= 11 is 1.55. The monoisotopic (exact) mass is 385 g/mol. The minimum atomic E-state index is -0.353. The molecule has 1 aromatic heterocycles. The first kappa shape index (κ1) is 19.7. The van der Waals surface area contributed by atoms with Crippen LogP contribution in [0.4, 0.5) is 0 Å². The number of rotatable bonds is 7. The lowest BCUT2D eigenvalue weighted by Gasteiger charge is -2.23. The van der Waals surface area contributed by atoms with E-state index >= 15 is 0 Å². The molecule has 144 valence electrons. The average molecular weight is 386 g/mol. The molecule has 1 amide bonds. The average Bonchev–Trinajstić information content (AvgIpc) is 3.14. The lowest BCUT2D eigenvalue weighted by Crippen LogP contribution is -2.37. The van der Waals surface area contributed by atoms with Crippen molar-refractivity contribution in [1.29, 1.82) is 0 Å². The molecule has 5 nitrogen and oxygen atoms in total. The molecule has 2 aromatic rings. The highest BCUT2D eigenvalue weighted by Crippen LogP contribution is 2.24. The Hall–Kier alpha value is -2.08. The Morgan fingerprint density at radius 2 is 2.04 bits per heavy atom. The van der Waals surface area contributed by atoms with Gasteiger partial charge in [-0.25, -0.2) is 4.98 Å². The van der Waals surface area contributed by atoms with Crippen LogP contribution in [0.2, 0.25) is 0 Å². The van der Waals surface area contributed by atoms with Crippen molar-refractivity contribution < 1.29 is 4.79 Å². The van der Waals surface area contributed by atoms with Crippen LogP contribution in [0, 0.1) is 5.92 Å². The maximum absolute atomic E-state index is 12.8. The van der Waals surface area contributed by atoms with Crippen LogP contribution in [0.1, 0.15) is 61.1 Å². The second kappa shape index (κ2) is 8.74. The standard InChI is InChI=1S/C21H27N3O2S/c1-4-5-6-15-7-9-16(10-8-15)18(14(2)3)23-19(25)17-13-22-21-24(20(17)26)11-12-27-21/h7-10,13-14,18H,4-6,11-12H2,1-3H3,(H,23,25). The number of carbonyl (C=O) groups excluding carboxylic acids is 1. The molecule has 1 aliphatic rings. The van der Waals surface area contributed by atoms with Crippen molar-refractivity contribution in [2.24, 2.45) is 5.92 Å². The van der Waals surface area contributed by atoms with Crippen LogP contribution in [0.5, 0.6) is 0 Å². The normalized spacial score (nSPS) is 14.2. The molecule has 6 heteroatoms. The maximum Gasteiger partial charge on any atom is 0.267 e. The zero-order valence-electron chi connectivity index (χ0n) is 16.2. The van der Waals surface area contributed by atoms with E-state index in [0.717, 1.165) is 17.7 Å². The number of thioether (sulfide) groups is 1. The van der Waals surface area contributed by atoms with E-state index < -0.39 is 0 Å². The van der Waals surface area contributed by atoms with Crippen molar-refractivity contribution in [2.75, 3.05) is 5.75 Å². The Kier molecular flexibility index (Phi) is 6.37. The number of benzene rings is 1. The lowest BCUT2D eigenvalue weighted by molar-refractivity contribution is 0.0922. The van der Waals surface area contributed by atoms with E-state index in [-0.39, 0.29) is 29.0 Å². The Labute approximate surface area is 164 Å². The van der Waals surface area contributed by atoms with Gasteiger partial charge in [0.15, 0.2) is 5.16 Å². The van der Waals surface area contributed by atoms with Crippen LogP contribution in [0.3, 0.4) is 0 Å². The number of unbranched alkanes of at least 4 members (excludes halogenated alkanes) is 1. The quantitative estimate of drug-likeness (QED) is 0.736. The van der Waals surface area contributed by atoms with Crippen LogP contribution in [-0.4, -0.2) is 21.2 Å². The highest BCUT2D eigenvalue weighted by atomic mass is 32.2. The SMILES string of the molecule is CCCCc1ccc(C(NC(=O)c2cnc3n(c2=O)CCS3)C(C)C)cc1. The zero-order valence-corrected chi connectivity index (χ0v) is 17.0. The Bertz CT molecular complexity index is 859. The van der Waals surface area contributed by atoms with Crippen molar-refractivity contribution in [3.63, 3.8) is 0 Å². The third-order valence-corrected chi connectivity index (χ3v) is 5.88. The van der Waals surface area contributed by atoms with Crippen molar-refractivity contribution >= 4 is 17.7 Å². The van der Waals surface area contributed by atoms with Crippen LogP contribution < -0.4 is 10.9 Å². The fourth-order valence-corrected chi connectivity index (χ4v) is 4.21. The van der Waals surface area contributed by atoms with Gasteiger partial charge < -0.3 is 5.32 Å². The molecule has 1 N–H and O–H groups in total. The van der Waals surface area contributed by atoms with E-state index in [1.165, 1.54) is 24.6 Å². The molecule has 1 atom stereocenters. The number of hydrogen-bond acceptors (Lipinski definition) is 4. The molecule has 1 unspecified atom stereocenters. The van der Waals surface area contributed by atoms with E-state index in [2.05, 4.69) is 55.3 Å². The maximum atomic E-state index is 12.8. The molecule has 0 fully saturated rings. The van der Waals surface area contributed by atoms with Gasteiger partial charge in [-0.2, -0.15) is 0 Å². The van der Waals surface area contributed by atoms with Gasteiger partial charge in [-0.1, -0.05) is 63.2 Å². The van der Waals surface area contributed by atoms with E-state index in [1.807, 2.05) is 0 Å². The van der Waals surface area contributed by atoms with E-state index in [9.17, 15) is 9.59 Å². The molecule has 0 aliphatic carbocycles. The summed E-state index contributed by atoms with van der Waals surface area (Å²) < 4.78 is 1.59. The fourth-order valence-electron chi connectivity index (χ4n) is 3.30. The number of amides is 1. The molecule has 3 rings (SSSR count). The van der Waals surface area contributed by atoms with Crippen LogP contribution in [0.15, 0.2) is 40.4 Å². The summed E-state index contributed by atoms with van der Waals surface area (Å²) in [6.45, 7) is 6.94. The van der Waals surface area contributed by atoms with Gasteiger partial charge in [-0.05, 0) is 29.9 Å². The Balaban J connectivity index is 1.79. The topological polar surface area (TPSA) is 64.0 Å². The van der Waals surface area contributed by atoms with Gasteiger partial charge in [0.25, 0.3) is 11.5 Å². The molecule has 1 aliphatic heterocycles. The molecule has 0 saturated heterocycles. The number of fused-ring (bicyclic) bond motifs is 1. The number of hydrogen-bond donors (Lipinski definition) is 1. The molecule has 2 heterocycles. The molecule has 0 spiro atoms. The molecule has 0 bridgehead atoms. The van der Waals surface area contributed by atoms with Gasteiger partial charge in [0, 0.05) is 18.5 Å². The van der Waals surface area contributed by atoms with E-state index in [0.29, 0.717) is 11.7 Å². The summed E-state index contributed by atoms with van der Waals surface area (Å²) in [6, 6.07) is 8.29. The molecule has 27 heavy (non-hydrogen) atoms. The molecule has 0 saturated carbocycles. The first-order valence-corrected chi connectivity index (χ1v) is 10.6. The lowest BCUT2D eigenvalue weighted by atomic mass is 9.94. The summed E-state index contributed by atoms with van der Waals surface area (Å²) in [5.74, 6) is 0.677. The smallest absolute Gasteiger partial charge is 0.267 e. The van der Waals surface area contributed by atoms with Gasteiger partial charge in [-0.3, -0.25) is 14.2 Å². The fraction of sp³-hybridized carbons (Fsp3) is 0.476. The highest BCUT2D eigenvalue weighted by Gasteiger charge is 2.24. The van der Waals surface area contributed by atoms with Crippen molar-refractivity contribution in [3.8, 4) is 0 Å². The molecule has 1 aromatic carbocycles. The number of carbonyl (C=O) groups is 1. The van der Waals surface area contributed by atoms with Gasteiger partial charge in [0.1, 0.15) is 5.56 Å². The number of aromatic nitrogens is 2. The Morgan fingerprint density at radius 1 is 1.30 bits per heavy atom. The van der Waals surface area contributed by atoms with Crippen molar-refractivity contribution in [2.45, 2.75) is 57.8 Å². The molecular formula is C21H27N3O2S. The van der Waals surface area contributed by atoms with Crippen LogP contribution >= 0.6 is 11.8 Å². The van der Waals surface area contributed by atoms with E-state index in [4.69, 9.17) is 0 Å². The minimum Gasteiger partial charge on any atom is -0.345 e. The van der Waals surface area contributed by atoms with Gasteiger partial charge in [-0.15, -0.1) is 0 Å². The Morgan fingerprint density at radius 3 is 2.70 bits per heavy atom. The highest BCUT2D eigenvalue weighted by molar-refractivity contribution is 7.99. The molecular weight excluding hydrogens is 358 g/mol. The number of nitrogens with one attached hydrogen (secondary N) is 1. The summed E-state index contributed by atoms with van der Waals surface area (Å²) in [5, 5.41) is 3.74. The number of aryl methyl sites for hydroxylation is 1. The minimum absolute atomic E-state index is 0.117. The first-order chi connectivity index (χ1) is 13.0. The van der Waals surface area contributed by atoms with Gasteiger partial charge in [0.05, 0.1) is 6.04 Å². The predicted molar refractivity (Wildman–Crippen MR) is 109 cm³/mol. The summed E-state index contributed by atoms with van der Waals surface area (Å²) in [5.41, 5.74) is 2.24. The van der Waals surface area contributed by atoms with Gasteiger partial charge in [0.2, 0.25) is 0 Å². The summed E-state index contributed by atoms with van der Waals surface area (Å²) in [4.78, 5) is 29.6. The predicted octanol–water partition coefficient (Wildman–Crippen LogP) is 3.82. The second-order valence-electron chi connectivity index (χ2n) is 7.30. The second-order valence-corrected chi connectivity index (χ2v) is 8.36. The number of nitrogens with zero attached hydrogens (tertiary/aromatic N) is 2. The van der Waals surface area contributed by atoms with Crippen molar-refractivity contribution in [1.82, 2.24) is 14.9 Å². The third kappa shape index (κ3) is 4.43. The summed E-state index contributed by atoms with van der Waals surface area (Å²) in [7, 11) is 0. The largest absolute Gasteiger partial charge is 0.345 e.